The van der Waals surface area contributed by atoms with Crippen LogP contribution in [0.4, 0.5) is 0 Å². The predicted octanol–water partition coefficient (Wildman–Crippen LogP) is 4.74. The van der Waals surface area contributed by atoms with Gasteiger partial charge in [0.2, 0.25) is 0 Å². The van der Waals surface area contributed by atoms with Gasteiger partial charge < -0.3 is 10.2 Å². The highest BCUT2D eigenvalue weighted by Crippen LogP contribution is 2.33. The summed E-state index contributed by atoms with van der Waals surface area (Å²) in [5.41, 5.74) is 5.96. The van der Waals surface area contributed by atoms with Crippen LogP contribution < -0.4 is 5.43 Å². The first-order chi connectivity index (χ1) is 12.4. The topological polar surface area (TPSA) is 68.1 Å². The minimum atomic E-state index is -0.0165. The lowest BCUT2D eigenvalue weighted by Gasteiger charge is -2.24. The van der Waals surface area contributed by atoms with E-state index in [4.69, 9.17) is 0 Å². The number of nitrogens with one attached hydrogen (secondary N) is 1. The molecule has 0 fully saturated rings. The highest BCUT2D eigenvalue weighted by atomic mass is 16.3. The van der Waals surface area contributed by atoms with Gasteiger partial charge in [0.15, 0.2) is 5.84 Å². The minimum absolute atomic E-state index is 0.0165. The van der Waals surface area contributed by atoms with Gasteiger partial charge in [-0.1, -0.05) is 45.4 Å². The molecule has 1 aromatic rings. The van der Waals surface area contributed by atoms with Crippen LogP contribution in [0.2, 0.25) is 0 Å². The Kier molecular flexibility index (Phi) is 6.50. The molecule has 1 aliphatic heterocycles. The Morgan fingerprint density at radius 2 is 1.96 bits per heavy atom. The summed E-state index contributed by atoms with van der Waals surface area (Å²) in [5.74, 6) is 1.23. The molecule has 0 amide bonds. The molecule has 5 heteroatoms. The van der Waals surface area contributed by atoms with Crippen molar-refractivity contribution in [3.8, 4) is 11.5 Å². The lowest BCUT2D eigenvalue weighted by Crippen LogP contribution is -2.27. The van der Waals surface area contributed by atoms with Gasteiger partial charge in [-0.2, -0.15) is 5.10 Å². The van der Waals surface area contributed by atoms with Crippen LogP contribution in [0.1, 0.15) is 57.6 Å². The smallest absolute Gasteiger partial charge is 0.170 e. The largest absolute Gasteiger partial charge is 0.508 e. The number of rotatable bonds is 8. The maximum atomic E-state index is 10.4. The van der Waals surface area contributed by atoms with Crippen LogP contribution in [0, 0.1) is 0 Å². The third-order valence-corrected chi connectivity index (χ3v) is 4.46. The molecule has 1 aliphatic rings. The third-order valence-electron chi connectivity index (χ3n) is 4.46. The summed E-state index contributed by atoms with van der Waals surface area (Å²) >= 11 is 0. The van der Waals surface area contributed by atoms with Gasteiger partial charge in [0.25, 0.3) is 0 Å². The van der Waals surface area contributed by atoms with Crippen molar-refractivity contribution in [3.63, 3.8) is 0 Å². The normalized spacial score (nSPS) is 14.4. The molecule has 0 atom stereocenters. The van der Waals surface area contributed by atoms with Gasteiger partial charge in [-0.25, -0.2) is 0 Å². The monoisotopic (exact) mass is 355 g/mol. The van der Waals surface area contributed by atoms with E-state index < -0.39 is 0 Å². The zero-order valence-corrected chi connectivity index (χ0v) is 16.0. The number of aromatic hydroxyl groups is 2. The summed E-state index contributed by atoms with van der Waals surface area (Å²) in [6.45, 7) is 14.0. The maximum Gasteiger partial charge on any atom is 0.170 e. The Bertz CT molecular complexity index is 763. The van der Waals surface area contributed by atoms with E-state index in [9.17, 15) is 10.2 Å². The fourth-order valence-electron chi connectivity index (χ4n) is 3.10. The first-order valence-corrected chi connectivity index (χ1v) is 9.10. The highest BCUT2D eigenvalue weighted by Gasteiger charge is 2.28. The number of allylic oxidation sites excluding steroid dienone is 2. The van der Waals surface area contributed by atoms with Gasteiger partial charge in [0.1, 0.15) is 17.3 Å². The fraction of sp³-hybridized carbons (Fsp3) is 0.381. The number of phenols is 2. The highest BCUT2D eigenvalue weighted by molar-refractivity contribution is 6.04. The summed E-state index contributed by atoms with van der Waals surface area (Å²) in [4.78, 5) is 1.83. The number of nitrogens with zero attached hydrogens (tertiary/aromatic N) is 2. The predicted molar refractivity (Wildman–Crippen MR) is 107 cm³/mol. The van der Waals surface area contributed by atoms with Gasteiger partial charge in [0, 0.05) is 11.8 Å². The van der Waals surface area contributed by atoms with Crippen LogP contribution in [-0.4, -0.2) is 20.9 Å². The second-order valence-electron chi connectivity index (χ2n) is 6.59. The van der Waals surface area contributed by atoms with E-state index in [-0.39, 0.29) is 11.5 Å². The van der Waals surface area contributed by atoms with Crippen molar-refractivity contribution in [2.75, 3.05) is 0 Å². The quantitative estimate of drug-likeness (QED) is 0.465. The molecule has 5 nitrogen and oxygen atoms in total. The zero-order chi connectivity index (χ0) is 19.3. The summed E-state index contributed by atoms with van der Waals surface area (Å²) in [6.07, 6.45) is 7.16. The lowest BCUT2D eigenvalue weighted by molar-refractivity contribution is 0.443. The molecule has 1 heterocycles. The number of phenolic OH excluding ortho intramolecular Hbond substituents is 2. The van der Waals surface area contributed by atoms with E-state index >= 15 is 0 Å². The fourth-order valence-corrected chi connectivity index (χ4v) is 3.10. The molecule has 0 radical (unpaired) electrons. The average molecular weight is 355 g/mol. The SMILES string of the molecule is C=C(C)/C(=C\C)N1C(=C)NN=C1c1cc(CCCCCC)c(O)cc1O. The van der Waals surface area contributed by atoms with Crippen LogP contribution in [0.3, 0.4) is 0 Å². The van der Waals surface area contributed by atoms with Crippen LogP contribution in [0.15, 0.2) is 53.6 Å². The first kappa shape index (κ1) is 19.6. The van der Waals surface area contributed by atoms with Gasteiger partial charge in [0.05, 0.1) is 5.56 Å². The van der Waals surface area contributed by atoms with E-state index in [2.05, 4.69) is 30.6 Å². The van der Waals surface area contributed by atoms with Gasteiger partial charge >= 0.3 is 0 Å². The maximum absolute atomic E-state index is 10.4. The number of amidine groups is 1. The van der Waals surface area contributed by atoms with E-state index in [1.165, 1.54) is 18.9 Å². The van der Waals surface area contributed by atoms with Crippen molar-refractivity contribution in [1.29, 1.82) is 0 Å². The van der Waals surface area contributed by atoms with E-state index in [1.54, 1.807) is 0 Å². The van der Waals surface area contributed by atoms with E-state index in [1.807, 2.05) is 30.9 Å². The van der Waals surface area contributed by atoms with Crippen molar-refractivity contribution in [2.45, 2.75) is 52.9 Å². The number of aryl methyl sites for hydroxylation is 1. The molecular weight excluding hydrogens is 326 g/mol. The molecule has 0 aliphatic carbocycles. The molecule has 0 spiro atoms. The van der Waals surface area contributed by atoms with Crippen molar-refractivity contribution >= 4 is 5.84 Å². The number of hydrogen-bond donors (Lipinski definition) is 3. The van der Waals surface area contributed by atoms with Crippen LogP contribution in [0.5, 0.6) is 11.5 Å². The van der Waals surface area contributed by atoms with E-state index in [0.29, 0.717) is 17.2 Å². The Morgan fingerprint density at radius 3 is 2.58 bits per heavy atom. The van der Waals surface area contributed by atoms with Gasteiger partial charge in [-0.05, 0) is 43.9 Å². The second-order valence-corrected chi connectivity index (χ2v) is 6.59. The van der Waals surface area contributed by atoms with Crippen molar-refractivity contribution < 1.29 is 10.2 Å². The summed E-state index contributed by atoms with van der Waals surface area (Å²) < 4.78 is 0. The van der Waals surface area contributed by atoms with Crippen LogP contribution >= 0.6 is 0 Å². The molecule has 140 valence electrons. The number of hydrazone groups is 1. The lowest BCUT2D eigenvalue weighted by atomic mass is 10.0. The summed E-state index contributed by atoms with van der Waals surface area (Å²) in [6, 6.07) is 3.21. The molecule has 1 aromatic carbocycles. The molecule has 2 rings (SSSR count). The molecule has 0 bridgehead atoms. The Labute approximate surface area is 156 Å². The third kappa shape index (κ3) is 4.10. The van der Waals surface area contributed by atoms with E-state index in [0.717, 1.165) is 36.1 Å². The van der Waals surface area contributed by atoms with Crippen molar-refractivity contribution in [3.05, 3.63) is 59.6 Å². The number of hydrogen-bond acceptors (Lipinski definition) is 5. The number of unbranched alkanes of at least 4 members (excludes halogenated alkanes) is 3. The molecule has 0 unspecified atom stereocenters. The van der Waals surface area contributed by atoms with Crippen molar-refractivity contribution in [2.24, 2.45) is 5.10 Å². The molecule has 0 saturated heterocycles. The Morgan fingerprint density at radius 1 is 1.23 bits per heavy atom. The Hall–Kier alpha value is -2.69. The van der Waals surface area contributed by atoms with Crippen LogP contribution in [-0.2, 0) is 6.42 Å². The average Bonchev–Trinajstić information content (AvgIpc) is 2.95. The summed E-state index contributed by atoms with van der Waals surface area (Å²) in [5, 5.41) is 25.0. The second kappa shape index (κ2) is 8.61. The first-order valence-electron chi connectivity index (χ1n) is 9.10. The standard InChI is InChI=1S/C21H29N3O2/c1-6-8-9-10-11-16-12-17(20(26)13-19(16)25)21-23-22-15(5)24(21)18(7-2)14(3)4/h7,12-13,22,25-26H,3,5-6,8-11H2,1-2,4H3/b18-7+. The van der Waals surface area contributed by atoms with Gasteiger partial charge in [-0.15, -0.1) is 0 Å². The van der Waals surface area contributed by atoms with Crippen LogP contribution in [0.25, 0.3) is 0 Å². The summed E-state index contributed by atoms with van der Waals surface area (Å²) in [7, 11) is 0. The zero-order valence-electron chi connectivity index (χ0n) is 16.0. The van der Waals surface area contributed by atoms with Gasteiger partial charge in [-0.3, -0.25) is 10.3 Å². The molecule has 3 N–H and O–H groups in total. The molecule has 26 heavy (non-hydrogen) atoms. The minimum Gasteiger partial charge on any atom is -0.508 e. The molecule has 0 aromatic heterocycles. The molecule has 0 saturated carbocycles. The molecular formula is C21H29N3O2. The van der Waals surface area contributed by atoms with Crippen molar-refractivity contribution in [1.82, 2.24) is 10.3 Å². The Balaban J connectivity index is 2.37. The number of benzene rings is 1.